The van der Waals surface area contributed by atoms with Gasteiger partial charge < -0.3 is 21.5 Å². The van der Waals surface area contributed by atoms with E-state index in [-0.39, 0.29) is 5.82 Å². The number of nitrogens with zero attached hydrogens (tertiary/aromatic N) is 8. The van der Waals surface area contributed by atoms with Crippen LogP contribution >= 0.6 is 0 Å². The molecule has 0 amide bonds. The Labute approximate surface area is 238 Å². The monoisotopic (exact) mass is 560 g/mol. The number of aromatic nitrogens is 7. The highest BCUT2D eigenvalue weighted by Crippen LogP contribution is 2.26. The third kappa shape index (κ3) is 7.02. The van der Waals surface area contributed by atoms with E-state index >= 15 is 0 Å². The van der Waals surface area contributed by atoms with Crippen molar-refractivity contribution in [2.75, 3.05) is 23.7 Å². The maximum atomic E-state index is 13.0. The van der Waals surface area contributed by atoms with E-state index < -0.39 is 11.1 Å². The van der Waals surface area contributed by atoms with Crippen molar-refractivity contribution in [1.29, 1.82) is 0 Å². The van der Waals surface area contributed by atoms with E-state index in [0.717, 1.165) is 40.9 Å². The van der Waals surface area contributed by atoms with Gasteiger partial charge in [-0.25, -0.2) is 23.9 Å². The van der Waals surface area contributed by atoms with Crippen molar-refractivity contribution in [3.8, 4) is 11.1 Å². The van der Waals surface area contributed by atoms with E-state index in [0.29, 0.717) is 18.3 Å². The highest BCUT2D eigenvalue weighted by Gasteiger charge is 2.25. The highest BCUT2D eigenvalue weighted by molar-refractivity contribution is 5.75. The Hall–Kier alpha value is -4.42. The fourth-order valence-electron chi connectivity index (χ4n) is 4.32. The molecule has 0 saturated carbocycles. The van der Waals surface area contributed by atoms with Gasteiger partial charge >= 0.3 is 0 Å². The number of hydrogen-bond donors (Lipinski definition) is 3. The Morgan fingerprint density at radius 1 is 0.902 bits per heavy atom. The fourth-order valence-corrected chi connectivity index (χ4v) is 4.32. The molecule has 5 rings (SSSR count). The average molecular weight is 561 g/mol. The van der Waals surface area contributed by atoms with Gasteiger partial charge in [0, 0.05) is 54.6 Å². The van der Waals surface area contributed by atoms with Crippen LogP contribution in [-0.4, -0.2) is 58.1 Å². The number of hydrogen-bond acceptors (Lipinski definition) is 9. The number of nitrogen functional groups attached to an aromatic ring is 1. The number of nitrogens with two attached hydrogens (primary N) is 2. The summed E-state index contributed by atoms with van der Waals surface area (Å²) >= 11 is 0. The second kappa shape index (κ2) is 12.0. The van der Waals surface area contributed by atoms with Crippen molar-refractivity contribution in [2.24, 2.45) is 5.73 Å². The van der Waals surface area contributed by atoms with Gasteiger partial charge in [-0.1, -0.05) is 12.1 Å². The molecule has 1 aromatic carbocycles. The second-order valence-electron chi connectivity index (χ2n) is 10.6. The van der Waals surface area contributed by atoms with Crippen LogP contribution in [0.4, 0.5) is 16.2 Å². The molecule has 0 unspecified atom stereocenters. The van der Waals surface area contributed by atoms with Crippen LogP contribution in [0.5, 0.6) is 0 Å². The molecule has 5 aromatic rings. The predicted octanol–water partition coefficient (Wildman–Crippen LogP) is 3.63. The quantitative estimate of drug-likeness (QED) is 0.259. The van der Waals surface area contributed by atoms with Crippen molar-refractivity contribution in [3.05, 3.63) is 84.6 Å². The van der Waals surface area contributed by atoms with E-state index in [1.807, 2.05) is 25.4 Å². The van der Waals surface area contributed by atoms with Gasteiger partial charge in [-0.3, -0.25) is 4.68 Å². The molecule has 216 valence electrons. The summed E-state index contributed by atoms with van der Waals surface area (Å²) in [5, 5.41) is 18.2. The van der Waals surface area contributed by atoms with Crippen molar-refractivity contribution in [2.45, 2.75) is 52.3 Å². The molecule has 0 radical (unpaired) electrons. The Kier molecular flexibility index (Phi) is 8.64. The van der Waals surface area contributed by atoms with Crippen LogP contribution in [0.1, 0.15) is 45.7 Å². The number of anilines is 2. The van der Waals surface area contributed by atoms with Crippen LogP contribution in [0.3, 0.4) is 0 Å². The minimum Gasteiger partial charge on any atom is -0.389 e. The summed E-state index contributed by atoms with van der Waals surface area (Å²) in [4.78, 5) is 14.8. The maximum absolute atomic E-state index is 13.0. The highest BCUT2D eigenvalue weighted by atomic mass is 19.1. The number of benzene rings is 1. The SMILES string of the molecule is CC(C)(O)Cn1cc(-c2cc3c(N)ncnn3c2)cn1.CCN(CC)c1ncc([C@@](C)(N)c2ccc(F)cc2)cn1. The molecule has 12 heteroatoms. The first-order valence-corrected chi connectivity index (χ1v) is 13.4. The molecule has 4 aromatic heterocycles. The molecule has 5 N–H and O–H groups in total. The minimum absolute atomic E-state index is 0.275. The lowest BCUT2D eigenvalue weighted by Gasteiger charge is -2.26. The van der Waals surface area contributed by atoms with Crippen LogP contribution < -0.4 is 16.4 Å². The molecule has 0 bridgehead atoms. The summed E-state index contributed by atoms with van der Waals surface area (Å²) in [6.45, 7) is 11.6. The van der Waals surface area contributed by atoms with Crippen LogP contribution in [0.25, 0.3) is 16.6 Å². The van der Waals surface area contributed by atoms with Gasteiger partial charge in [0.2, 0.25) is 5.95 Å². The molecule has 0 aliphatic carbocycles. The van der Waals surface area contributed by atoms with Crippen LogP contribution in [0.2, 0.25) is 0 Å². The van der Waals surface area contributed by atoms with Gasteiger partial charge in [0.15, 0.2) is 5.82 Å². The van der Waals surface area contributed by atoms with Gasteiger partial charge in [-0.15, -0.1) is 0 Å². The lowest BCUT2D eigenvalue weighted by Crippen LogP contribution is -2.35. The largest absolute Gasteiger partial charge is 0.389 e. The van der Waals surface area contributed by atoms with E-state index in [1.165, 1.54) is 18.5 Å². The fraction of sp³-hybridized carbons (Fsp3) is 0.345. The van der Waals surface area contributed by atoms with E-state index in [9.17, 15) is 9.50 Å². The third-order valence-corrected chi connectivity index (χ3v) is 6.68. The number of halogens is 1. The normalized spacial score (nSPS) is 13.0. The Balaban J connectivity index is 0.000000189. The molecule has 0 spiro atoms. The number of rotatable bonds is 8. The van der Waals surface area contributed by atoms with Crippen molar-refractivity contribution in [1.82, 2.24) is 34.3 Å². The molecular formula is C29H37FN10O. The molecule has 4 heterocycles. The predicted molar refractivity (Wildman–Crippen MR) is 158 cm³/mol. The Morgan fingerprint density at radius 3 is 2.15 bits per heavy atom. The lowest BCUT2D eigenvalue weighted by molar-refractivity contribution is 0.0577. The lowest BCUT2D eigenvalue weighted by atomic mass is 9.87. The van der Waals surface area contributed by atoms with Gasteiger partial charge in [0.05, 0.1) is 23.9 Å². The van der Waals surface area contributed by atoms with E-state index in [2.05, 4.69) is 43.9 Å². The summed E-state index contributed by atoms with van der Waals surface area (Å²) in [6.07, 6.45) is 10.4. The molecule has 11 nitrogen and oxygen atoms in total. The second-order valence-corrected chi connectivity index (χ2v) is 10.6. The summed E-state index contributed by atoms with van der Waals surface area (Å²) in [7, 11) is 0. The minimum atomic E-state index is -0.801. The number of aliphatic hydroxyl groups is 1. The Morgan fingerprint density at radius 2 is 1.56 bits per heavy atom. The van der Waals surface area contributed by atoms with E-state index in [4.69, 9.17) is 11.5 Å². The van der Waals surface area contributed by atoms with Gasteiger partial charge in [-0.05, 0) is 58.4 Å². The average Bonchev–Trinajstić information content (AvgIpc) is 3.57. The third-order valence-electron chi connectivity index (χ3n) is 6.68. The molecular weight excluding hydrogens is 523 g/mol. The van der Waals surface area contributed by atoms with Crippen LogP contribution in [0.15, 0.2) is 67.6 Å². The topological polar surface area (TPSA) is 149 Å². The zero-order chi connectivity index (χ0) is 29.8. The standard InChI is InChI=1S/C16H21FN4.C13H16N6O/c1-4-21(5-2)15-19-10-13(11-20-15)16(3,18)12-6-8-14(17)9-7-12;1-13(2,20)7-18-5-10(4-16-18)9-3-11-12(14)15-8-17-19(11)6-9/h6-11H,4-5,18H2,1-3H3;3-6,8,20H,7H2,1-2H3,(H2,14,15,17)/t16-;/m0./s1. The molecule has 0 aliphatic rings. The maximum Gasteiger partial charge on any atom is 0.225 e. The van der Waals surface area contributed by atoms with Gasteiger partial charge in [0.25, 0.3) is 0 Å². The summed E-state index contributed by atoms with van der Waals surface area (Å²) in [5.74, 6) is 0.858. The zero-order valence-electron chi connectivity index (χ0n) is 24.0. The summed E-state index contributed by atoms with van der Waals surface area (Å²) in [5.41, 5.74) is 14.9. The van der Waals surface area contributed by atoms with Crippen molar-refractivity contribution in [3.63, 3.8) is 0 Å². The summed E-state index contributed by atoms with van der Waals surface area (Å²) < 4.78 is 16.4. The van der Waals surface area contributed by atoms with Crippen molar-refractivity contribution >= 4 is 17.3 Å². The van der Waals surface area contributed by atoms with E-state index in [1.54, 1.807) is 53.8 Å². The van der Waals surface area contributed by atoms with Crippen LogP contribution in [-0.2, 0) is 12.1 Å². The molecule has 0 saturated heterocycles. The van der Waals surface area contributed by atoms with Gasteiger partial charge in [0.1, 0.15) is 17.7 Å². The van der Waals surface area contributed by atoms with Crippen molar-refractivity contribution < 1.29 is 9.50 Å². The zero-order valence-corrected chi connectivity index (χ0v) is 24.0. The van der Waals surface area contributed by atoms with Gasteiger partial charge in [-0.2, -0.15) is 10.2 Å². The molecule has 41 heavy (non-hydrogen) atoms. The first-order valence-electron chi connectivity index (χ1n) is 13.4. The smallest absolute Gasteiger partial charge is 0.225 e. The van der Waals surface area contributed by atoms with Crippen LogP contribution in [0, 0.1) is 5.82 Å². The molecule has 1 atom stereocenters. The first kappa shape index (κ1) is 29.6. The number of fused-ring (bicyclic) bond motifs is 1. The summed E-state index contributed by atoms with van der Waals surface area (Å²) in [6, 6.07) is 8.11. The molecule has 0 aliphatic heterocycles. The first-order chi connectivity index (χ1) is 19.4. The molecule has 0 fully saturated rings. The Bertz CT molecular complexity index is 1570.